The van der Waals surface area contributed by atoms with Gasteiger partial charge in [0, 0.05) is 23.0 Å². The fourth-order valence-corrected chi connectivity index (χ4v) is 8.76. The predicted molar refractivity (Wildman–Crippen MR) is 248 cm³/mol. The monoisotopic (exact) mass is 759 g/mol. The summed E-state index contributed by atoms with van der Waals surface area (Å²) in [6.07, 6.45) is 27.0. The van der Waals surface area contributed by atoms with E-state index >= 15 is 0 Å². The molecule has 0 N–H and O–H groups in total. The van der Waals surface area contributed by atoms with Crippen LogP contribution in [-0.2, 0) is 25.7 Å². The Kier molecular flexibility index (Phi) is 19.6. The second kappa shape index (κ2) is 25.4. The molecular formula is C57H74. The van der Waals surface area contributed by atoms with E-state index in [2.05, 4.69) is 148 Å². The van der Waals surface area contributed by atoms with Gasteiger partial charge >= 0.3 is 0 Å². The van der Waals surface area contributed by atoms with Crippen molar-refractivity contribution < 1.29 is 0 Å². The summed E-state index contributed by atoms with van der Waals surface area (Å²) in [5.74, 6) is 16.5. The number of hydrogen-bond donors (Lipinski definition) is 0. The molecule has 2 fully saturated rings. The van der Waals surface area contributed by atoms with E-state index in [0.29, 0.717) is 11.8 Å². The van der Waals surface area contributed by atoms with Crippen LogP contribution < -0.4 is 0 Å². The summed E-state index contributed by atoms with van der Waals surface area (Å²) in [4.78, 5) is 0. The molecule has 0 saturated heterocycles. The third-order valence-corrected chi connectivity index (χ3v) is 12.8. The van der Waals surface area contributed by atoms with Gasteiger partial charge in [0.25, 0.3) is 0 Å². The van der Waals surface area contributed by atoms with Crippen molar-refractivity contribution in [2.75, 3.05) is 0 Å². The van der Waals surface area contributed by atoms with Crippen LogP contribution >= 0.6 is 0 Å². The van der Waals surface area contributed by atoms with Gasteiger partial charge in [0.1, 0.15) is 0 Å². The molecule has 0 radical (unpaired) electrons. The average molecular weight is 759 g/mol. The summed E-state index contributed by atoms with van der Waals surface area (Å²) < 4.78 is 0. The van der Waals surface area contributed by atoms with E-state index in [9.17, 15) is 0 Å². The standard InChI is InChI=1S/C29H38.C28H36/c1-3-5-6-7-8-9-25-16-20-28(21-17-25)29-22-18-27(19-23-29)15-14-26-12-10-24(4-2)11-13-26;1-3-5-6-7-8-24-15-19-27(20-16-24)28-21-17-26(18-22-28)14-13-25-11-9-23(4-2)10-12-25/h10-13,16-17,20-21,27,29H,3-9,18-19,22-23H2,1-2H3;9-12,15-16,19-20,26,28H,3-8,17-18,21-22H2,1-2H3/t27-,29-;26-,28-. The highest BCUT2D eigenvalue weighted by Gasteiger charge is 2.22. The van der Waals surface area contributed by atoms with Crippen molar-refractivity contribution in [2.24, 2.45) is 11.8 Å². The molecular weight excluding hydrogens is 685 g/mol. The molecule has 0 bridgehead atoms. The first-order valence-electron chi connectivity index (χ1n) is 23.4. The number of aryl methyl sites for hydroxylation is 4. The Hall–Kier alpha value is -4.00. The summed E-state index contributed by atoms with van der Waals surface area (Å²) in [6.45, 7) is 8.95. The summed E-state index contributed by atoms with van der Waals surface area (Å²) >= 11 is 0. The van der Waals surface area contributed by atoms with Gasteiger partial charge in [0.15, 0.2) is 0 Å². The third kappa shape index (κ3) is 15.7. The molecule has 2 aliphatic rings. The van der Waals surface area contributed by atoms with E-state index in [0.717, 1.165) is 35.8 Å². The number of hydrogen-bond acceptors (Lipinski definition) is 0. The van der Waals surface area contributed by atoms with Gasteiger partial charge in [-0.2, -0.15) is 0 Å². The second-order valence-corrected chi connectivity index (χ2v) is 17.2. The quantitative estimate of drug-likeness (QED) is 0.0837. The molecule has 0 atom stereocenters. The summed E-state index contributed by atoms with van der Waals surface area (Å²) in [6, 6.07) is 36.5. The maximum absolute atomic E-state index is 3.54. The zero-order chi connectivity index (χ0) is 39.9. The van der Waals surface area contributed by atoms with Gasteiger partial charge in [-0.25, -0.2) is 0 Å². The van der Waals surface area contributed by atoms with Crippen LogP contribution in [0.25, 0.3) is 0 Å². The fraction of sp³-hybridized carbons (Fsp3) is 0.509. The Morgan fingerprint density at radius 2 is 0.702 bits per heavy atom. The molecule has 2 aliphatic carbocycles. The first-order valence-corrected chi connectivity index (χ1v) is 23.4. The average Bonchev–Trinajstić information content (AvgIpc) is 3.28. The Balaban J connectivity index is 0.000000218. The fourth-order valence-electron chi connectivity index (χ4n) is 8.76. The smallest absolute Gasteiger partial charge is 0.0245 e. The van der Waals surface area contributed by atoms with E-state index < -0.39 is 0 Å². The molecule has 0 nitrogen and oxygen atoms in total. The van der Waals surface area contributed by atoms with Crippen LogP contribution in [0.4, 0.5) is 0 Å². The maximum Gasteiger partial charge on any atom is 0.0245 e. The minimum Gasteiger partial charge on any atom is -0.0945 e. The molecule has 4 aromatic rings. The SMILES string of the molecule is CCCCCCCc1ccc([C@H]2CC[C@H](C#Cc3ccc(CC)cc3)CC2)cc1.CCCCCCc1ccc([C@H]2CC[C@H](C#Cc3ccc(CC)cc3)CC2)cc1. The van der Waals surface area contributed by atoms with Crippen LogP contribution in [0, 0.1) is 35.5 Å². The highest BCUT2D eigenvalue weighted by atomic mass is 14.3. The summed E-state index contributed by atoms with van der Waals surface area (Å²) in [7, 11) is 0. The van der Waals surface area contributed by atoms with Crippen LogP contribution in [0.3, 0.4) is 0 Å². The minimum absolute atomic E-state index is 0.569. The molecule has 0 heteroatoms. The van der Waals surface area contributed by atoms with Gasteiger partial charge in [0.05, 0.1) is 0 Å². The van der Waals surface area contributed by atoms with E-state index in [1.165, 1.54) is 144 Å². The van der Waals surface area contributed by atoms with Crippen molar-refractivity contribution in [1.82, 2.24) is 0 Å². The molecule has 6 rings (SSSR count). The zero-order valence-corrected chi connectivity index (χ0v) is 36.4. The van der Waals surface area contributed by atoms with Crippen molar-refractivity contribution in [3.8, 4) is 23.7 Å². The lowest BCUT2D eigenvalue weighted by Crippen LogP contribution is -2.12. The van der Waals surface area contributed by atoms with E-state index in [-0.39, 0.29) is 0 Å². The first kappa shape index (κ1) is 44.1. The van der Waals surface area contributed by atoms with Crippen LogP contribution in [0.2, 0.25) is 0 Å². The number of benzene rings is 4. The maximum atomic E-state index is 3.54. The number of unbranched alkanes of at least 4 members (excludes halogenated alkanes) is 7. The van der Waals surface area contributed by atoms with E-state index in [1.807, 2.05) is 0 Å². The lowest BCUT2D eigenvalue weighted by molar-refractivity contribution is 0.384. The molecule has 0 heterocycles. The normalized spacial score (nSPS) is 18.9. The predicted octanol–water partition coefficient (Wildman–Crippen LogP) is 15.8. The Morgan fingerprint density at radius 3 is 1.05 bits per heavy atom. The molecule has 0 spiro atoms. The van der Waals surface area contributed by atoms with Crippen LogP contribution in [-0.4, -0.2) is 0 Å². The summed E-state index contributed by atoms with van der Waals surface area (Å²) in [5.41, 5.74) is 11.2. The third-order valence-electron chi connectivity index (χ3n) is 12.8. The van der Waals surface area contributed by atoms with Crippen molar-refractivity contribution in [3.05, 3.63) is 142 Å². The molecule has 4 aromatic carbocycles. The van der Waals surface area contributed by atoms with Crippen molar-refractivity contribution >= 4 is 0 Å². The lowest BCUT2D eigenvalue weighted by atomic mass is 9.78. The largest absolute Gasteiger partial charge is 0.0945 e. The molecule has 0 amide bonds. The Labute approximate surface area is 350 Å². The topological polar surface area (TPSA) is 0 Å². The van der Waals surface area contributed by atoms with Crippen molar-refractivity contribution in [1.29, 1.82) is 0 Å². The van der Waals surface area contributed by atoms with Crippen LogP contribution in [0.1, 0.15) is 193 Å². The van der Waals surface area contributed by atoms with Gasteiger partial charge in [-0.05, 0) is 159 Å². The first-order chi connectivity index (χ1) is 28.1. The van der Waals surface area contributed by atoms with Crippen molar-refractivity contribution in [3.63, 3.8) is 0 Å². The highest BCUT2D eigenvalue weighted by molar-refractivity contribution is 5.38. The lowest BCUT2D eigenvalue weighted by Gasteiger charge is -2.26. The highest BCUT2D eigenvalue weighted by Crippen LogP contribution is 2.37. The molecule has 2 saturated carbocycles. The van der Waals surface area contributed by atoms with Crippen LogP contribution in [0.15, 0.2) is 97.1 Å². The van der Waals surface area contributed by atoms with E-state index in [1.54, 1.807) is 11.1 Å². The van der Waals surface area contributed by atoms with Gasteiger partial charge in [-0.15, -0.1) is 0 Å². The van der Waals surface area contributed by atoms with Crippen molar-refractivity contribution in [2.45, 2.75) is 174 Å². The van der Waals surface area contributed by atoms with E-state index in [4.69, 9.17) is 0 Å². The number of rotatable bonds is 15. The van der Waals surface area contributed by atoms with Crippen LogP contribution in [0.5, 0.6) is 0 Å². The molecule has 57 heavy (non-hydrogen) atoms. The second-order valence-electron chi connectivity index (χ2n) is 17.2. The van der Waals surface area contributed by atoms with Gasteiger partial charge in [-0.1, -0.05) is 169 Å². The molecule has 0 aromatic heterocycles. The van der Waals surface area contributed by atoms with Gasteiger partial charge < -0.3 is 0 Å². The zero-order valence-electron chi connectivity index (χ0n) is 36.4. The Morgan fingerprint density at radius 1 is 0.368 bits per heavy atom. The molecule has 0 unspecified atom stereocenters. The Bertz CT molecular complexity index is 1780. The van der Waals surface area contributed by atoms with Gasteiger partial charge in [0.2, 0.25) is 0 Å². The van der Waals surface area contributed by atoms with Gasteiger partial charge in [-0.3, -0.25) is 0 Å². The molecule has 0 aliphatic heterocycles. The minimum atomic E-state index is 0.569. The summed E-state index contributed by atoms with van der Waals surface area (Å²) in [5, 5.41) is 0. The molecule has 302 valence electrons.